The third-order valence-electron chi connectivity index (χ3n) is 5.76. The van der Waals surface area contributed by atoms with Crippen molar-refractivity contribution in [1.29, 1.82) is 0 Å². The molecule has 116 valence electrons. The van der Waals surface area contributed by atoms with Gasteiger partial charge in [0.05, 0.1) is 0 Å². The molecule has 1 aliphatic carbocycles. The van der Waals surface area contributed by atoms with Gasteiger partial charge >= 0.3 is 0 Å². The Morgan fingerprint density at radius 2 is 2.14 bits per heavy atom. The summed E-state index contributed by atoms with van der Waals surface area (Å²) in [6.07, 6.45) is 6.38. The fourth-order valence-corrected chi connectivity index (χ4v) is 4.87. The number of hydrogen-bond acceptors (Lipinski definition) is 3. The lowest BCUT2D eigenvalue weighted by atomic mass is 9.74. The molecule has 0 spiro atoms. The van der Waals surface area contributed by atoms with Crippen molar-refractivity contribution in [2.75, 3.05) is 13.1 Å². The first-order chi connectivity index (χ1) is 10.0. The van der Waals surface area contributed by atoms with Gasteiger partial charge < -0.3 is 9.73 Å². The van der Waals surface area contributed by atoms with Crippen molar-refractivity contribution in [3.63, 3.8) is 0 Å². The highest BCUT2D eigenvalue weighted by Gasteiger charge is 2.41. The highest BCUT2D eigenvalue weighted by atomic mass is 16.3. The topological polar surface area (TPSA) is 28.4 Å². The van der Waals surface area contributed by atoms with Crippen molar-refractivity contribution >= 4 is 0 Å². The average Bonchev–Trinajstić information content (AvgIpc) is 3.04. The summed E-state index contributed by atoms with van der Waals surface area (Å²) in [4.78, 5) is 2.69. The predicted octanol–water partition coefficient (Wildman–Crippen LogP) is 3.43. The van der Waals surface area contributed by atoms with Crippen LogP contribution in [-0.4, -0.2) is 30.1 Å². The van der Waals surface area contributed by atoms with Crippen LogP contribution in [0.3, 0.4) is 0 Å². The molecule has 4 rings (SSSR count). The van der Waals surface area contributed by atoms with Gasteiger partial charge in [-0.15, -0.1) is 0 Å². The maximum Gasteiger partial charge on any atom is 0.109 e. The summed E-state index contributed by atoms with van der Waals surface area (Å²) in [7, 11) is 0. The summed E-state index contributed by atoms with van der Waals surface area (Å²) in [6.45, 7) is 9.43. The largest absolute Gasteiger partial charge is 0.466 e. The van der Waals surface area contributed by atoms with Crippen LogP contribution in [0.15, 0.2) is 10.5 Å². The predicted molar refractivity (Wildman–Crippen MR) is 84.4 cm³/mol. The monoisotopic (exact) mass is 288 g/mol. The molecule has 0 amide bonds. The van der Waals surface area contributed by atoms with E-state index in [4.69, 9.17) is 4.42 Å². The highest BCUT2D eigenvalue weighted by Crippen LogP contribution is 2.43. The Morgan fingerprint density at radius 3 is 3.00 bits per heavy atom. The van der Waals surface area contributed by atoms with E-state index in [9.17, 15) is 0 Å². The molecule has 3 unspecified atom stereocenters. The van der Waals surface area contributed by atoms with Gasteiger partial charge in [0.15, 0.2) is 0 Å². The Hall–Kier alpha value is -0.800. The number of nitrogens with zero attached hydrogens (tertiary/aromatic N) is 1. The van der Waals surface area contributed by atoms with E-state index in [1.807, 2.05) is 0 Å². The van der Waals surface area contributed by atoms with Crippen LogP contribution in [0.2, 0.25) is 0 Å². The molecule has 0 aromatic carbocycles. The Kier molecular flexibility index (Phi) is 3.20. The van der Waals surface area contributed by atoms with E-state index >= 15 is 0 Å². The number of furan rings is 1. The molecule has 3 aliphatic rings. The third kappa shape index (κ3) is 2.44. The molecular weight excluding hydrogens is 260 g/mol. The van der Waals surface area contributed by atoms with Crippen molar-refractivity contribution in [3.8, 4) is 0 Å². The Bertz CT molecular complexity index is 533. The fraction of sp³-hybridized carbons (Fsp3) is 0.778. The van der Waals surface area contributed by atoms with Crippen LogP contribution in [0.5, 0.6) is 0 Å². The Balaban J connectivity index is 1.56. The second-order valence-electron chi connectivity index (χ2n) is 8.14. The zero-order chi connectivity index (χ0) is 14.6. The van der Waals surface area contributed by atoms with Gasteiger partial charge in [-0.2, -0.15) is 0 Å². The van der Waals surface area contributed by atoms with Crippen LogP contribution in [-0.2, 0) is 6.42 Å². The Labute approximate surface area is 128 Å². The zero-order valence-electron chi connectivity index (χ0n) is 13.6. The minimum atomic E-state index is 0.336. The zero-order valence-corrected chi connectivity index (χ0v) is 13.6. The first kappa shape index (κ1) is 13.8. The van der Waals surface area contributed by atoms with Crippen LogP contribution < -0.4 is 5.32 Å². The van der Waals surface area contributed by atoms with Gasteiger partial charge in [0.2, 0.25) is 0 Å². The maximum atomic E-state index is 5.97. The molecule has 21 heavy (non-hydrogen) atoms. The second-order valence-corrected chi connectivity index (χ2v) is 8.14. The van der Waals surface area contributed by atoms with Crippen molar-refractivity contribution in [2.24, 2.45) is 5.41 Å². The molecule has 1 aromatic heterocycles. The summed E-state index contributed by atoms with van der Waals surface area (Å²) in [5.74, 6) is 2.29. The normalized spacial score (nSPS) is 34.9. The number of aryl methyl sites for hydroxylation is 1. The molecule has 3 heteroatoms. The molecule has 0 saturated carbocycles. The van der Waals surface area contributed by atoms with E-state index in [2.05, 4.69) is 37.1 Å². The molecule has 2 saturated heterocycles. The number of fused-ring (bicyclic) bond motifs is 2. The molecule has 0 bridgehead atoms. The lowest BCUT2D eigenvalue weighted by Crippen LogP contribution is -2.43. The second kappa shape index (κ2) is 4.85. The SMILES string of the molecule is Cc1cc2c(o1)CC(C)(C)CC2NC1CCN2CCCC12. The van der Waals surface area contributed by atoms with Crippen LogP contribution >= 0.6 is 0 Å². The fourth-order valence-electron chi connectivity index (χ4n) is 4.87. The summed E-state index contributed by atoms with van der Waals surface area (Å²) in [5.41, 5.74) is 1.77. The summed E-state index contributed by atoms with van der Waals surface area (Å²) in [6, 6.07) is 4.21. The number of hydrogen-bond donors (Lipinski definition) is 1. The molecule has 3 atom stereocenters. The van der Waals surface area contributed by atoms with Gasteiger partial charge in [-0.1, -0.05) is 13.8 Å². The van der Waals surface area contributed by atoms with Gasteiger partial charge in [-0.3, -0.25) is 4.90 Å². The first-order valence-electron chi connectivity index (χ1n) is 8.61. The lowest BCUT2D eigenvalue weighted by molar-refractivity contribution is 0.213. The first-order valence-corrected chi connectivity index (χ1v) is 8.61. The Morgan fingerprint density at radius 1 is 1.29 bits per heavy atom. The van der Waals surface area contributed by atoms with E-state index in [1.54, 1.807) is 0 Å². The molecule has 3 heterocycles. The standard InChI is InChI=1S/C18H28N2O/c1-12-9-13-15(10-18(2,3)11-17(13)21-12)19-14-6-8-20-7-4-5-16(14)20/h9,14-16,19H,4-8,10-11H2,1-3H3. The average molecular weight is 288 g/mol. The minimum absolute atomic E-state index is 0.336. The maximum absolute atomic E-state index is 5.97. The van der Waals surface area contributed by atoms with Gasteiger partial charge in [-0.05, 0) is 50.6 Å². The van der Waals surface area contributed by atoms with Gasteiger partial charge in [-0.25, -0.2) is 0 Å². The quantitative estimate of drug-likeness (QED) is 0.904. The smallest absolute Gasteiger partial charge is 0.109 e. The van der Waals surface area contributed by atoms with Gasteiger partial charge in [0, 0.05) is 36.7 Å². The summed E-state index contributed by atoms with van der Waals surface area (Å²) < 4.78 is 5.97. The van der Waals surface area contributed by atoms with E-state index in [0.29, 0.717) is 17.5 Å². The molecule has 1 aromatic rings. The van der Waals surface area contributed by atoms with E-state index in [0.717, 1.165) is 18.2 Å². The molecule has 2 fully saturated rings. The van der Waals surface area contributed by atoms with Gasteiger partial charge in [0.25, 0.3) is 0 Å². The lowest BCUT2D eigenvalue weighted by Gasteiger charge is -2.37. The molecule has 2 aliphatic heterocycles. The van der Waals surface area contributed by atoms with Crippen LogP contribution in [0.1, 0.15) is 62.7 Å². The number of rotatable bonds is 2. The van der Waals surface area contributed by atoms with Crippen LogP contribution in [0.25, 0.3) is 0 Å². The summed E-state index contributed by atoms with van der Waals surface area (Å²) >= 11 is 0. The summed E-state index contributed by atoms with van der Waals surface area (Å²) in [5, 5.41) is 4.01. The van der Waals surface area contributed by atoms with Crippen LogP contribution in [0, 0.1) is 12.3 Å². The van der Waals surface area contributed by atoms with Crippen LogP contribution in [0.4, 0.5) is 0 Å². The molecular formula is C18H28N2O. The van der Waals surface area contributed by atoms with Crippen molar-refractivity contribution in [3.05, 3.63) is 23.2 Å². The molecule has 1 N–H and O–H groups in total. The van der Waals surface area contributed by atoms with Gasteiger partial charge in [0.1, 0.15) is 11.5 Å². The van der Waals surface area contributed by atoms with Crippen molar-refractivity contribution < 1.29 is 4.42 Å². The minimum Gasteiger partial charge on any atom is -0.466 e. The third-order valence-corrected chi connectivity index (χ3v) is 5.76. The van der Waals surface area contributed by atoms with E-state index < -0.39 is 0 Å². The molecule has 3 nitrogen and oxygen atoms in total. The van der Waals surface area contributed by atoms with E-state index in [1.165, 1.54) is 50.1 Å². The number of nitrogens with one attached hydrogen (secondary N) is 1. The van der Waals surface area contributed by atoms with E-state index in [-0.39, 0.29) is 0 Å². The highest BCUT2D eigenvalue weighted by molar-refractivity contribution is 5.29. The van der Waals surface area contributed by atoms with Crippen molar-refractivity contribution in [1.82, 2.24) is 10.2 Å². The van der Waals surface area contributed by atoms with Crippen molar-refractivity contribution in [2.45, 2.75) is 71.0 Å². The molecule has 0 radical (unpaired) electrons.